The Hall–Kier alpha value is -4.00. The highest BCUT2D eigenvalue weighted by atomic mass is 32.2. The average molecular weight is 566 g/mol. The van der Waals surface area contributed by atoms with Crippen LogP contribution in [-0.2, 0) is 10.0 Å². The lowest BCUT2D eigenvalue weighted by molar-refractivity contribution is 0.0701. The Morgan fingerprint density at radius 2 is 1.69 bits per heavy atom. The zero-order valence-corrected chi connectivity index (χ0v) is 22.8. The molecule has 0 bridgehead atoms. The summed E-state index contributed by atoms with van der Waals surface area (Å²) in [6.45, 7) is 2.97. The first kappa shape index (κ1) is 26.6. The molecule has 3 amide bonds. The highest BCUT2D eigenvalue weighted by molar-refractivity contribution is 7.89. The molecule has 1 aliphatic rings. The number of ether oxygens (including phenoxy) is 1. The third-order valence-electron chi connectivity index (χ3n) is 6.21. The number of benzene rings is 2. The molecule has 0 spiro atoms. The third kappa shape index (κ3) is 5.72. The van der Waals surface area contributed by atoms with E-state index in [1.165, 1.54) is 34.0 Å². The first-order chi connectivity index (χ1) is 18.9. The minimum atomic E-state index is -3.81. The van der Waals surface area contributed by atoms with Gasteiger partial charge in [0.1, 0.15) is 15.6 Å². The molecule has 202 valence electrons. The summed E-state index contributed by atoms with van der Waals surface area (Å²) in [6.07, 6.45) is 1.28. The molecule has 0 saturated carbocycles. The largest absolute Gasteiger partial charge is 0.439 e. The van der Waals surface area contributed by atoms with Gasteiger partial charge in [-0.25, -0.2) is 18.2 Å². The summed E-state index contributed by atoms with van der Waals surface area (Å²) in [6, 6.07) is 19.2. The molecule has 3 heterocycles. The van der Waals surface area contributed by atoms with Gasteiger partial charge >= 0.3 is 6.03 Å². The van der Waals surface area contributed by atoms with E-state index in [1.807, 2.05) is 49.4 Å². The van der Waals surface area contributed by atoms with E-state index in [2.05, 4.69) is 15.6 Å². The number of hydrogen-bond acceptors (Lipinski definition) is 7. The average Bonchev–Trinajstić information content (AvgIpc) is 3.31. The summed E-state index contributed by atoms with van der Waals surface area (Å²) in [5.74, 6) is 0.639. The van der Waals surface area contributed by atoms with Crippen molar-refractivity contribution in [3.63, 3.8) is 0 Å². The number of rotatable bonds is 7. The third-order valence-corrected chi connectivity index (χ3v) is 9.18. The zero-order chi connectivity index (χ0) is 27.4. The molecule has 1 fully saturated rings. The maximum absolute atomic E-state index is 13.6. The van der Waals surface area contributed by atoms with E-state index in [0.29, 0.717) is 22.9 Å². The lowest BCUT2D eigenvalue weighted by Gasteiger charge is -2.34. The second-order valence-corrected chi connectivity index (χ2v) is 11.7. The van der Waals surface area contributed by atoms with Gasteiger partial charge in [0.25, 0.3) is 5.91 Å². The van der Waals surface area contributed by atoms with E-state index < -0.39 is 10.0 Å². The minimum absolute atomic E-state index is 0.0555. The van der Waals surface area contributed by atoms with Crippen molar-refractivity contribution in [2.45, 2.75) is 11.8 Å². The molecular weight excluding hydrogens is 538 g/mol. The Balaban J connectivity index is 1.28. The molecule has 4 aromatic rings. The number of aromatic nitrogens is 1. The Morgan fingerprint density at radius 3 is 2.38 bits per heavy atom. The van der Waals surface area contributed by atoms with Crippen LogP contribution in [-0.4, -0.2) is 67.3 Å². The van der Waals surface area contributed by atoms with Gasteiger partial charge in [0.2, 0.25) is 15.9 Å². The molecule has 1 saturated heterocycles. The van der Waals surface area contributed by atoms with E-state index >= 15 is 0 Å². The smallest absolute Gasteiger partial charge is 0.319 e. The maximum Gasteiger partial charge on any atom is 0.319 e. The first-order valence-electron chi connectivity index (χ1n) is 12.4. The topological polar surface area (TPSA) is 121 Å². The molecule has 2 aromatic carbocycles. The number of anilines is 1. The molecular formula is C27H27N5O5S2. The molecule has 2 aromatic heterocycles. The number of nitrogens with zero attached hydrogens (tertiary/aromatic N) is 3. The van der Waals surface area contributed by atoms with E-state index in [9.17, 15) is 18.0 Å². The van der Waals surface area contributed by atoms with Crippen LogP contribution in [0, 0.1) is 0 Å². The van der Waals surface area contributed by atoms with Crippen LogP contribution in [0.2, 0.25) is 0 Å². The number of pyridine rings is 1. The van der Waals surface area contributed by atoms with Crippen LogP contribution in [0.5, 0.6) is 11.6 Å². The first-order valence-corrected chi connectivity index (χ1v) is 14.7. The lowest BCUT2D eigenvalue weighted by Crippen LogP contribution is -2.50. The maximum atomic E-state index is 13.6. The Morgan fingerprint density at radius 1 is 0.974 bits per heavy atom. The van der Waals surface area contributed by atoms with Crippen molar-refractivity contribution in [3.8, 4) is 11.6 Å². The highest BCUT2D eigenvalue weighted by Crippen LogP contribution is 2.37. The molecule has 10 nitrogen and oxygen atoms in total. The lowest BCUT2D eigenvalue weighted by atomic mass is 10.1. The fourth-order valence-corrected chi connectivity index (χ4v) is 6.74. The van der Waals surface area contributed by atoms with Crippen LogP contribution in [0.1, 0.15) is 17.3 Å². The second-order valence-electron chi connectivity index (χ2n) is 8.73. The quantitative estimate of drug-likeness (QED) is 0.343. The van der Waals surface area contributed by atoms with Gasteiger partial charge in [-0.15, -0.1) is 11.3 Å². The van der Waals surface area contributed by atoms with E-state index in [4.69, 9.17) is 4.74 Å². The number of para-hydroxylation sites is 1. The van der Waals surface area contributed by atoms with Gasteiger partial charge in [-0.1, -0.05) is 36.4 Å². The number of piperazine rings is 1. The van der Waals surface area contributed by atoms with Crippen LogP contribution >= 0.6 is 11.3 Å². The van der Waals surface area contributed by atoms with Crippen molar-refractivity contribution in [3.05, 3.63) is 78.5 Å². The van der Waals surface area contributed by atoms with Gasteiger partial charge in [0.15, 0.2) is 0 Å². The van der Waals surface area contributed by atoms with Gasteiger partial charge in [-0.05, 0) is 31.2 Å². The second kappa shape index (κ2) is 11.4. The molecule has 0 aliphatic carbocycles. The number of nitrogens with one attached hydrogen (secondary N) is 2. The van der Waals surface area contributed by atoms with Crippen molar-refractivity contribution in [2.24, 2.45) is 0 Å². The van der Waals surface area contributed by atoms with Crippen molar-refractivity contribution in [1.82, 2.24) is 19.5 Å². The standard InChI is InChI=1S/C27H27N5O5S2/c1-2-28-27(34)30-25-24(21-10-6-7-11-22(21)38-25)26(33)31-14-16-32(17-15-31)39(35,36)20-12-13-23(29-18-20)37-19-8-4-3-5-9-19/h3-13,18H,2,14-17H2,1H3,(H2,28,30,34). The molecule has 12 heteroatoms. The number of carbonyl (C=O) groups excluding carboxylic acids is 2. The molecule has 0 radical (unpaired) electrons. The molecule has 0 unspecified atom stereocenters. The number of hydrogen-bond donors (Lipinski definition) is 2. The molecule has 1 aliphatic heterocycles. The molecule has 39 heavy (non-hydrogen) atoms. The fraction of sp³-hybridized carbons (Fsp3) is 0.222. The zero-order valence-electron chi connectivity index (χ0n) is 21.2. The monoisotopic (exact) mass is 565 g/mol. The fourth-order valence-electron chi connectivity index (χ4n) is 4.28. The summed E-state index contributed by atoms with van der Waals surface area (Å²) in [5.41, 5.74) is 0.413. The molecule has 2 N–H and O–H groups in total. The normalized spacial score (nSPS) is 14.2. The summed E-state index contributed by atoms with van der Waals surface area (Å²) in [7, 11) is -3.81. The highest BCUT2D eigenvalue weighted by Gasteiger charge is 2.32. The SMILES string of the molecule is CCNC(=O)Nc1sc2ccccc2c1C(=O)N1CCN(S(=O)(=O)c2ccc(Oc3ccccc3)nc2)CC1. The minimum Gasteiger partial charge on any atom is -0.439 e. The molecule has 0 atom stereocenters. The number of amides is 3. The van der Waals surface area contributed by atoms with Crippen LogP contribution in [0.4, 0.5) is 9.80 Å². The van der Waals surface area contributed by atoms with Crippen molar-refractivity contribution < 1.29 is 22.7 Å². The summed E-state index contributed by atoms with van der Waals surface area (Å²) in [5, 5.41) is 6.69. The van der Waals surface area contributed by atoms with Gasteiger partial charge in [-0.2, -0.15) is 4.31 Å². The predicted molar refractivity (Wildman–Crippen MR) is 150 cm³/mol. The molecule has 5 rings (SSSR count). The Labute approximate surface area is 230 Å². The summed E-state index contributed by atoms with van der Waals surface area (Å²) in [4.78, 5) is 31.7. The summed E-state index contributed by atoms with van der Waals surface area (Å²) < 4.78 is 34.4. The summed E-state index contributed by atoms with van der Waals surface area (Å²) >= 11 is 1.33. The van der Waals surface area contributed by atoms with E-state index in [1.54, 1.807) is 17.0 Å². The Bertz CT molecular complexity index is 1580. The van der Waals surface area contributed by atoms with Gasteiger partial charge in [0.05, 0.1) is 11.8 Å². The number of fused-ring (bicyclic) bond motifs is 1. The van der Waals surface area contributed by atoms with Gasteiger partial charge < -0.3 is 15.0 Å². The number of thiophene rings is 1. The van der Waals surface area contributed by atoms with E-state index in [0.717, 1.165) is 10.1 Å². The number of sulfonamides is 1. The van der Waals surface area contributed by atoms with Crippen LogP contribution in [0.3, 0.4) is 0 Å². The van der Waals surface area contributed by atoms with E-state index in [-0.39, 0.29) is 48.9 Å². The van der Waals surface area contributed by atoms with Gasteiger partial charge in [0, 0.05) is 48.9 Å². The van der Waals surface area contributed by atoms with Crippen LogP contribution in [0.15, 0.2) is 77.8 Å². The number of carbonyl (C=O) groups is 2. The number of urea groups is 1. The van der Waals surface area contributed by atoms with Crippen molar-refractivity contribution in [2.75, 3.05) is 38.0 Å². The van der Waals surface area contributed by atoms with Crippen LogP contribution < -0.4 is 15.4 Å². The van der Waals surface area contributed by atoms with Gasteiger partial charge in [-0.3, -0.25) is 10.1 Å². The van der Waals surface area contributed by atoms with Crippen molar-refractivity contribution >= 4 is 48.4 Å². The predicted octanol–water partition coefficient (Wildman–Crippen LogP) is 4.38. The van der Waals surface area contributed by atoms with Crippen molar-refractivity contribution in [1.29, 1.82) is 0 Å². The Kier molecular flexibility index (Phi) is 7.77. The van der Waals surface area contributed by atoms with Crippen LogP contribution in [0.25, 0.3) is 10.1 Å².